The Hall–Kier alpha value is -2.15. The number of carbonyl (C=O) groups excluding carboxylic acids is 2. The molecule has 3 aliphatic heterocycles. The highest BCUT2D eigenvalue weighted by Gasteiger charge is 2.63. The maximum atomic E-state index is 13.6. The van der Waals surface area contributed by atoms with Crippen LogP contribution in [0.15, 0.2) is 18.2 Å². The van der Waals surface area contributed by atoms with Gasteiger partial charge in [-0.2, -0.15) is 0 Å². The number of hydrogen-bond acceptors (Lipinski definition) is 3. The summed E-state index contributed by atoms with van der Waals surface area (Å²) in [5.41, 5.74) is 0.790. The molecule has 2 N–H and O–H groups in total. The van der Waals surface area contributed by atoms with Gasteiger partial charge in [0.25, 0.3) is 5.91 Å². The van der Waals surface area contributed by atoms with Crippen LogP contribution >= 0.6 is 0 Å². The number of carbonyl (C=O) groups is 2. The van der Waals surface area contributed by atoms with E-state index >= 15 is 0 Å². The third-order valence-electron chi connectivity index (χ3n) is 6.20. The van der Waals surface area contributed by atoms with E-state index in [1.54, 1.807) is 13.0 Å². The van der Waals surface area contributed by atoms with Gasteiger partial charge in [-0.1, -0.05) is 0 Å². The molecule has 1 aromatic rings. The molecule has 3 heterocycles. The molecular formula is C20H26FN3O3. The zero-order chi connectivity index (χ0) is 19.2. The van der Waals surface area contributed by atoms with E-state index in [0.29, 0.717) is 31.7 Å². The van der Waals surface area contributed by atoms with Crippen LogP contribution in [0, 0.1) is 24.6 Å². The SMILES string of the molecule is CCNC(=O)N1C[C@@H]2[C@H](CNC(=O)c3cc(C)cc(F)c3)[C@H]3CC[C@]2(C1)O3. The summed E-state index contributed by atoms with van der Waals surface area (Å²) < 4.78 is 19.9. The van der Waals surface area contributed by atoms with E-state index in [2.05, 4.69) is 10.6 Å². The van der Waals surface area contributed by atoms with Crippen LogP contribution in [0.3, 0.4) is 0 Å². The van der Waals surface area contributed by atoms with Crippen molar-refractivity contribution in [3.8, 4) is 0 Å². The van der Waals surface area contributed by atoms with Crippen LogP contribution in [0.1, 0.15) is 35.7 Å². The third-order valence-corrected chi connectivity index (χ3v) is 6.20. The standard InChI is InChI=1S/C20H26FN3O3/c1-3-22-19(26)24-10-16-15(17-4-5-20(16,11-24)27-17)9-23-18(25)13-6-12(2)7-14(21)8-13/h6-8,15-17H,3-5,9-11H2,1-2H3,(H,22,26)(H,23,25)/t15-,16+,17+,20+/m0/s1. The van der Waals surface area contributed by atoms with E-state index in [4.69, 9.17) is 4.74 Å². The summed E-state index contributed by atoms with van der Waals surface area (Å²) in [6, 6.07) is 4.29. The lowest BCUT2D eigenvalue weighted by Crippen LogP contribution is -2.41. The average Bonchev–Trinajstić information content (AvgIpc) is 3.27. The number of hydrogen-bond donors (Lipinski definition) is 2. The first-order chi connectivity index (χ1) is 12.9. The highest BCUT2D eigenvalue weighted by Crippen LogP contribution is 2.54. The Morgan fingerprint density at radius 1 is 1.33 bits per heavy atom. The first-order valence-corrected chi connectivity index (χ1v) is 9.68. The second kappa shape index (κ2) is 6.78. The molecule has 0 unspecified atom stereocenters. The summed E-state index contributed by atoms with van der Waals surface area (Å²) >= 11 is 0. The van der Waals surface area contributed by atoms with Crippen molar-refractivity contribution in [1.29, 1.82) is 0 Å². The van der Waals surface area contributed by atoms with Crippen LogP contribution < -0.4 is 10.6 Å². The molecule has 2 bridgehead atoms. The summed E-state index contributed by atoms with van der Waals surface area (Å²) in [6.45, 7) is 6.02. The number of benzene rings is 1. The number of urea groups is 1. The number of halogens is 1. The second-order valence-electron chi connectivity index (χ2n) is 7.97. The van der Waals surface area contributed by atoms with E-state index < -0.39 is 5.82 Å². The monoisotopic (exact) mass is 375 g/mol. The van der Waals surface area contributed by atoms with E-state index in [1.807, 2.05) is 11.8 Å². The lowest BCUT2D eigenvalue weighted by atomic mass is 9.73. The zero-order valence-corrected chi connectivity index (χ0v) is 15.8. The molecule has 0 radical (unpaired) electrons. The van der Waals surface area contributed by atoms with Crippen molar-refractivity contribution < 1.29 is 18.7 Å². The van der Waals surface area contributed by atoms with Gasteiger partial charge in [0.15, 0.2) is 0 Å². The van der Waals surface area contributed by atoms with E-state index in [0.717, 1.165) is 18.4 Å². The second-order valence-corrected chi connectivity index (χ2v) is 7.97. The Morgan fingerprint density at radius 3 is 2.89 bits per heavy atom. The number of ether oxygens (including phenoxy) is 1. The minimum Gasteiger partial charge on any atom is -0.369 e. The third kappa shape index (κ3) is 3.18. The van der Waals surface area contributed by atoms with Gasteiger partial charge in [-0.15, -0.1) is 0 Å². The minimum atomic E-state index is -0.407. The molecule has 3 aliphatic rings. The molecule has 6 nitrogen and oxygen atoms in total. The van der Waals surface area contributed by atoms with Crippen LogP contribution in [0.5, 0.6) is 0 Å². The van der Waals surface area contributed by atoms with Gasteiger partial charge in [-0.3, -0.25) is 4.79 Å². The first kappa shape index (κ1) is 18.2. The first-order valence-electron chi connectivity index (χ1n) is 9.68. The van der Waals surface area contributed by atoms with Crippen LogP contribution in [0.25, 0.3) is 0 Å². The number of rotatable bonds is 4. The Labute approximate surface area is 158 Å². The molecule has 146 valence electrons. The molecule has 3 fully saturated rings. The summed E-state index contributed by atoms with van der Waals surface area (Å²) in [6.07, 6.45) is 2.05. The molecule has 3 saturated heterocycles. The Morgan fingerprint density at radius 2 is 2.15 bits per heavy atom. The molecule has 7 heteroatoms. The molecule has 0 saturated carbocycles. The molecule has 1 spiro atoms. The molecule has 1 aromatic carbocycles. The highest BCUT2D eigenvalue weighted by atomic mass is 19.1. The topological polar surface area (TPSA) is 70.7 Å². The summed E-state index contributed by atoms with van der Waals surface area (Å²) in [5.74, 6) is -0.270. The van der Waals surface area contributed by atoms with Crippen molar-refractivity contribution in [3.05, 3.63) is 35.1 Å². The quantitative estimate of drug-likeness (QED) is 0.846. The lowest BCUT2D eigenvalue weighted by molar-refractivity contribution is 0.00555. The van der Waals surface area contributed by atoms with E-state index in [-0.39, 0.29) is 35.5 Å². The number of fused-ring (bicyclic) bond motifs is 1. The number of nitrogens with zero attached hydrogens (tertiary/aromatic N) is 1. The summed E-state index contributed by atoms with van der Waals surface area (Å²) in [5, 5.41) is 5.81. The fraction of sp³-hybridized carbons (Fsp3) is 0.600. The van der Waals surface area contributed by atoms with E-state index in [9.17, 15) is 14.0 Å². The van der Waals surface area contributed by atoms with Crippen molar-refractivity contribution in [2.75, 3.05) is 26.2 Å². The molecular weight excluding hydrogens is 349 g/mol. The maximum Gasteiger partial charge on any atom is 0.317 e. The van der Waals surface area contributed by atoms with Crippen LogP contribution in [0.4, 0.5) is 9.18 Å². The van der Waals surface area contributed by atoms with Crippen molar-refractivity contribution in [2.45, 2.75) is 38.4 Å². The Bertz CT molecular complexity index is 751. The molecule has 0 aromatic heterocycles. The van der Waals surface area contributed by atoms with Crippen molar-refractivity contribution in [1.82, 2.24) is 15.5 Å². The molecule has 27 heavy (non-hydrogen) atoms. The maximum absolute atomic E-state index is 13.6. The summed E-state index contributed by atoms with van der Waals surface area (Å²) in [7, 11) is 0. The fourth-order valence-corrected chi connectivity index (χ4v) is 5.06. The van der Waals surface area contributed by atoms with Gasteiger partial charge in [-0.05, 0) is 50.5 Å². The normalized spacial score (nSPS) is 31.1. The number of nitrogens with one attached hydrogen (secondary N) is 2. The largest absolute Gasteiger partial charge is 0.369 e. The van der Waals surface area contributed by atoms with Crippen LogP contribution in [0.2, 0.25) is 0 Å². The summed E-state index contributed by atoms with van der Waals surface area (Å²) in [4.78, 5) is 26.5. The number of likely N-dealkylation sites (tertiary alicyclic amines) is 1. The van der Waals surface area contributed by atoms with Crippen molar-refractivity contribution in [2.24, 2.45) is 11.8 Å². The number of aryl methyl sites for hydroxylation is 1. The molecule has 0 aliphatic carbocycles. The van der Waals surface area contributed by atoms with Crippen LogP contribution in [-0.2, 0) is 4.74 Å². The molecule has 4 atom stereocenters. The van der Waals surface area contributed by atoms with E-state index in [1.165, 1.54) is 12.1 Å². The van der Waals surface area contributed by atoms with Gasteiger partial charge in [0.2, 0.25) is 0 Å². The number of amides is 3. The van der Waals surface area contributed by atoms with Crippen molar-refractivity contribution in [3.63, 3.8) is 0 Å². The van der Waals surface area contributed by atoms with Crippen LogP contribution in [-0.4, -0.2) is 54.7 Å². The van der Waals surface area contributed by atoms with Gasteiger partial charge in [-0.25, -0.2) is 9.18 Å². The van der Waals surface area contributed by atoms with Gasteiger partial charge in [0.05, 0.1) is 18.2 Å². The Balaban J connectivity index is 1.42. The van der Waals surface area contributed by atoms with Gasteiger partial charge in [0, 0.05) is 37.0 Å². The van der Waals surface area contributed by atoms with Gasteiger partial charge >= 0.3 is 6.03 Å². The van der Waals surface area contributed by atoms with Gasteiger partial charge in [0.1, 0.15) is 5.82 Å². The van der Waals surface area contributed by atoms with Gasteiger partial charge < -0.3 is 20.3 Å². The Kier molecular flexibility index (Phi) is 4.58. The predicted octanol–water partition coefficient (Wildman–Crippen LogP) is 2.07. The van der Waals surface area contributed by atoms with Crippen molar-refractivity contribution >= 4 is 11.9 Å². The molecule has 4 rings (SSSR count). The lowest BCUT2D eigenvalue weighted by Gasteiger charge is -2.29. The zero-order valence-electron chi connectivity index (χ0n) is 15.8. The predicted molar refractivity (Wildman–Crippen MR) is 97.9 cm³/mol. The minimum absolute atomic E-state index is 0.0497. The molecule has 3 amide bonds. The smallest absolute Gasteiger partial charge is 0.317 e. The highest BCUT2D eigenvalue weighted by molar-refractivity contribution is 5.94. The fourth-order valence-electron chi connectivity index (χ4n) is 5.06. The average molecular weight is 375 g/mol.